The van der Waals surface area contributed by atoms with E-state index in [9.17, 15) is 4.39 Å². The third-order valence-corrected chi connectivity index (χ3v) is 6.52. The fraction of sp³-hybridized carbons (Fsp3) is 0.360. The minimum Gasteiger partial charge on any atom is -0.486 e. The van der Waals surface area contributed by atoms with Gasteiger partial charge in [0, 0.05) is 29.3 Å². The maximum absolute atomic E-state index is 13.8. The molecular weight excluding hydrogens is 407 g/mol. The zero-order valence-corrected chi connectivity index (χ0v) is 18.0. The number of aromatic amines is 1. The van der Waals surface area contributed by atoms with Crippen LogP contribution in [0.3, 0.4) is 0 Å². The van der Waals surface area contributed by atoms with Gasteiger partial charge in [0.1, 0.15) is 24.0 Å². The van der Waals surface area contributed by atoms with Crippen molar-refractivity contribution < 1.29 is 13.9 Å². The number of rotatable bonds is 4. The van der Waals surface area contributed by atoms with E-state index in [0.717, 1.165) is 59.2 Å². The lowest BCUT2D eigenvalue weighted by molar-refractivity contribution is 0.0912. The number of aromatic nitrogens is 3. The normalized spacial score (nSPS) is 19.9. The molecule has 0 bridgehead atoms. The Kier molecular flexibility index (Phi) is 4.72. The first-order valence-electron chi connectivity index (χ1n) is 11.2. The van der Waals surface area contributed by atoms with E-state index in [1.807, 2.05) is 25.1 Å². The zero-order valence-electron chi connectivity index (χ0n) is 18.0. The first-order valence-corrected chi connectivity index (χ1v) is 11.2. The smallest absolute Gasteiger partial charge is 0.189 e. The fourth-order valence-electron chi connectivity index (χ4n) is 4.92. The van der Waals surface area contributed by atoms with Crippen LogP contribution in [0.15, 0.2) is 36.5 Å². The van der Waals surface area contributed by atoms with Gasteiger partial charge in [-0.3, -0.25) is 4.98 Å². The first-order chi connectivity index (χ1) is 15.6. The number of benzene rings is 2. The lowest BCUT2D eigenvalue weighted by atomic mass is 9.86. The monoisotopic (exact) mass is 432 g/mol. The molecular formula is C25H25FN4O2. The summed E-state index contributed by atoms with van der Waals surface area (Å²) < 4.78 is 26.0. The Morgan fingerprint density at radius 1 is 1.22 bits per heavy atom. The van der Waals surface area contributed by atoms with Gasteiger partial charge in [-0.15, -0.1) is 0 Å². The molecule has 6 rings (SSSR count). The maximum atomic E-state index is 13.8. The number of ether oxygens (including phenoxy) is 2. The molecule has 3 heterocycles. The zero-order chi connectivity index (χ0) is 21.7. The Morgan fingerprint density at radius 2 is 2.16 bits per heavy atom. The van der Waals surface area contributed by atoms with Crippen molar-refractivity contribution in [1.29, 1.82) is 0 Å². The molecule has 0 saturated carbocycles. The van der Waals surface area contributed by atoms with Crippen molar-refractivity contribution in [2.45, 2.75) is 32.3 Å². The summed E-state index contributed by atoms with van der Waals surface area (Å²) in [5.74, 6) is 1.73. The highest BCUT2D eigenvalue weighted by atomic mass is 19.1. The minimum absolute atomic E-state index is 0.0863. The lowest BCUT2D eigenvalue weighted by Crippen LogP contribution is -2.40. The van der Waals surface area contributed by atoms with Crippen LogP contribution < -0.4 is 14.8 Å². The molecule has 0 fully saturated rings. The van der Waals surface area contributed by atoms with Gasteiger partial charge in [0.15, 0.2) is 11.5 Å². The Balaban J connectivity index is 1.11. The molecule has 0 saturated heterocycles. The number of fused-ring (bicyclic) bond motifs is 6. The summed E-state index contributed by atoms with van der Waals surface area (Å²) in [6.45, 7) is 4.01. The Bertz CT molecular complexity index is 1320. The highest BCUT2D eigenvalue weighted by molar-refractivity contribution is 5.85. The molecule has 2 aliphatic rings. The SMILES string of the molecule is Cc1cnc2ccc3c(c2n1)O[C@@H](CNC[C@H]1CCc2[nH]c4ccc(F)cc4c2C1)CO3. The van der Waals surface area contributed by atoms with E-state index in [4.69, 9.17) is 9.47 Å². The topological polar surface area (TPSA) is 72.1 Å². The maximum Gasteiger partial charge on any atom is 0.189 e. The van der Waals surface area contributed by atoms with E-state index >= 15 is 0 Å². The van der Waals surface area contributed by atoms with E-state index in [2.05, 4.69) is 20.3 Å². The van der Waals surface area contributed by atoms with Crippen molar-refractivity contribution in [3.63, 3.8) is 0 Å². The molecule has 0 amide bonds. The quantitative estimate of drug-likeness (QED) is 0.508. The van der Waals surface area contributed by atoms with Gasteiger partial charge in [0.25, 0.3) is 0 Å². The molecule has 2 N–H and O–H groups in total. The molecule has 0 unspecified atom stereocenters. The van der Waals surface area contributed by atoms with Crippen LogP contribution in [0.2, 0.25) is 0 Å². The second-order valence-corrected chi connectivity index (χ2v) is 8.86. The standard InChI is InChI=1S/C25H25FN4O2/c1-14-10-28-22-6-7-23-25(24(22)29-14)32-17(13-31-23)12-27-11-15-2-4-20-18(8-15)19-9-16(26)3-5-21(19)30-20/h3,5-7,9-10,15,17,27,30H,2,4,8,11-13H2,1H3/t15-,17-/m0/s1. The molecule has 0 radical (unpaired) electrons. The molecule has 4 aromatic rings. The summed E-state index contributed by atoms with van der Waals surface area (Å²) in [5.41, 5.74) is 5.96. The van der Waals surface area contributed by atoms with E-state index in [1.54, 1.807) is 12.3 Å². The summed E-state index contributed by atoms with van der Waals surface area (Å²) in [6, 6.07) is 8.82. The lowest BCUT2D eigenvalue weighted by Gasteiger charge is -2.28. The number of nitrogens with zero attached hydrogens (tertiary/aromatic N) is 2. The largest absolute Gasteiger partial charge is 0.486 e. The van der Waals surface area contributed by atoms with E-state index in [1.165, 1.54) is 17.3 Å². The van der Waals surface area contributed by atoms with Crippen LogP contribution in [-0.2, 0) is 12.8 Å². The summed E-state index contributed by atoms with van der Waals surface area (Å²) in [7, 11) is 0. The molecule has 0 spiro atoms. The van der Waals surface area contributed by atoms with Gasteiger partial charge in [0.2, 0.25) is 0 Å². The van der Waals surface area contributed by atoms with Gasteiger partial charge in [-0.25, -0.2) is 9.37 Å². The molecule has 164 valence electrons. The van der Waals surface area contributed by atoms with E-state index in [0.29, 0.717) is 24.8 Å². The summed E-state index contributed by atoms with van der Waals surface area (Å²) in [4.78, 5) is 12.5. The third-order valence-electron chi connectivity index (χ3n) is 6.52. The summed E-state index contributed by atoms with van der Waals surface area (Å²) >= 11 is 0. The molecule has 7 heteroatoms. The van der Waals surface area contributed by atoms with Crippen LogP contribution >= 0.6 is 0 Å². The second-order valence-electron chi connectivity index (χ2n) is 8.86. The van der Waals surface area contributed by atoms with Gasteiger partial charge in [-0.2, -0.15) is 0 Å². The fourth-order valence-corrected chi connectivity index (χ4v) is 4.92. The van der Waals surface area contributed by atoms with Gasteiger partial charge in [-0.05, 0) is 74.5 Å². The number of hydrogen-bond donors (Lipinski definition) is 2. The van der Waals surface area contributed by atoms with Gasteiger partial charge in [-0.1, -0.05) is 0 Å². The van der Waals surface area contributed by atoms with Crippen molar-refractivity contribution in [1.82, 2.24) is 20.3 Å². The van der Waals surface area contributed by atoms with Crippen molar-refractivity contribution >= 4 is 21.9 Å². The average Bonchev–Trinajstić information content (AvgIpc) is 3.16. The summed E-state index contributed by atoms with van der Waals surface area (Å²) in [5, 5.41) is 4.59. The van der Waals surface area contributed by atoms with Crippen molar-refractivity contribution in [3.8, 4) is 11.5 Å². The summed E-state index contributed by atoms with van der Waals surface area (Å²) in [6.07, 6.45) is 4.74. The Morgan fingerprint density at radius 3 is 3.09 bits per heavy atom. The number of nitrogens with one attached hydrogen (secondary N) is 2. The number of aryl methyl sites for hydroxylation is 2. The Hall–Kier alpha value is -3.19. The van der Waals surface area contributed by atoms with E-state index < -0.39 is 0 Å². The Labute approximate surface area is 185 Å². The van der Waals surface area contributed by atoms with Crippen LogP contribution in [-0.4, -0.2) is 40.8 Å². The molecule has 2 aromatic carbocycles. The highest BCUT2D eigenvalue weighted by Gasteiger charge is 2.26. The van der Waals surface area contributed by atoms with Crippen molar-refractivity contribution in [2.24, 2.45) is 5.92 Å². The average molecular weight is 432 g/mol. The number of hydrogen-bond acceptors (Lipinski definition) is 5. The molecule has 1 aliphatic carbocycles. The second kappa shape index (κ2) is 7.74. The number of H-pyrrole nitrogens is 1. The number of halogens is 1. The molecule has 2 atom stereocenters. The predicted molar refractivity (Wildman–Crippen MR) is 121 cm³/mol. The molecule has 6 nitrogen and oxygen atoms in total. The first kappa shape index (κ1) is 19.5. The van der Waals surface area contributed by atoms with Crippen LogP contribution in [0.25, 0.3) is 21.9 Å². The van der Waals surface area contributed by atoms with Crippen LogP contribution in [0, 0.1) is 18.7 Å². The van der Waals surface area contributed by atoms with Crippen LogP contribution in [0.1, 0.15) is 23.4 Å². The van der Waals surface area contributed by atoms with Crippen LogP contribution in [0.5, 0.6) is 11.5 Å². The van der Waals surface area contributed by atoms with Gasteiger partial charge in [0.05, 0.1) is 11.2 Å². The minimum atomic E-state index is -0.179. The predicted octanol–water partition coefficient (Wildman–Crippen LogP) is 4.09. The molecule has 32 heavy (non-hydrogen) atoms. The van der Waals surface area contributed by atoms with Gasteiger partial charge >= 0.3 is 0 Å². The molecule has 2 aromatic heterocycles. The van der Waals surface area contributed by atoms with Crippen molar-refractivity contribution in [3.05, 3.63) is 59.3 Å². The molecule has 1 aliphatic heterocycles. The van der Waals surface area contributed by atoms with E-state index in [-0.39, 0.29) is 11.9 Å². The van der Waals surface area contributed by atoms with Gasteiger partial charge < -0.3 is 19.8 Å². The van der Waals surface area contributed by atoms with Crippen LogP contribution in [0.4, 0.5) is 4.39 Å². The highest BCUT2D eigenvalue weighted by Crippen LogP contribution is 2.37. The van der Waals surface area contributed by atoms with Crippen molar-refractivity contribution in [2.75, 3.05) is 19.7 Å². The third kappa shape index (κ3) is 3.46.